The lowest BCUT2D eigenvalue weighted by molar-refractivity contribution is 0.105. The fourth-order valence-corrected chi connectivity index (χ4v) is 2.64. The number of rotatable bonds is 10. The number of nitrogens with zero attached hydrogens (tertiary/aromatic N) is 1. The molecule has 0 spiro atoms. The molecule has 118 valence electrons. The van der Waals surface area contributed by atoms with Crippen molar-refractivity contribution in [1.82, 2.24) is 4.90 Å². The molecule has 0 aliphatic heterocycles. The molecule has 1 aliphatic carbocycles. The van der Waals surface area contributed by atoms with E-state index in [1.807, 2.05) is 31.2 Å². The average Bonchev–Trinajstić information content (AvgIpc) is 2.44. The second kappa shape index (κ2) is 8.90. The van der Waals surface area contributed by atoms with E-state index in [9.17, 15) is 0 Å². The van der Waals surface area contributed by atoms with E-state index >= 15 is 0 Å². The zero-order chi connectivity index (χ0) is 14.9. The molecule has 21 heavy (non-hydrogen) atoms. The van der Waals surface area contributed by atoms with E-state index in [1.165, 1.54) is 19.3 Å². The molecule has 0 heterocycles. The van der Waals surface area contributed by atoms with Crippen molar-refractivity contribution in [1.29, 1.82) is 0 Å². The Bertz CT molecular complexity index is 408. The van der Waals surface area contributed by atoms with Gasteiger partial charge in [0.05, 0.1) is 6.61 Å². The quantitative estimate of drug-likeness (QED) is 0.720. The van der Waals surface area contributed by atoms with Crippen molar-refractivity contribution in [2.45, 2.75) is 38.6 Å². The van der Waals surface area contributed by atoms with Crippen molar-refractivity contribution >= 4 is 0 Å². The van der Waals surface area contributed by atoms with E-state index in [0.29, 0.717) is 13.2 Å². The van der Waals surface area contributed by atoms with Crippen LogP contribution in [0.3, 0.4) is 0 Å². The predicted octanol–water partition coefficient (Wildman–Crippen LogP) is 2.67. The van der Waals surface area contributed by atoms with Crippen molar-refractivity contribution in [2.24, 2.45) is 5.73 Å². The van der Waals surface area contributed by atoms with Gasteiger partial charge in [0.1, 0.15) is 6.61 Å². The molecule has 0 amide bonds. The van der Waals surface area contributed by atoms with Gasteiger partial charge in [-0.15, -0.1) is 0 Å². The SMILES string of the molecule is CCOc1ccccc1OCCN(CCCN)C1CCC1. The van der Waals surface area contributed by atoms with Gasteiger partial charge >= 0.3 is 0 Å². The molecule has 2 N–H and O–H groups in total. The maximum atomic E-state index is 5.92. The molecular weight excluding hydrogens is 264 g/mol. The summed E-state index contributed by atoms with van der Waals surface area (Å²) in [6.45, 7) is 6.15. The van der Waals surface area contributed by atoms with Crippen LogP contribution in [0.4, 0.5) is 0 Å². The van der Waals surface area contributed by atoms with Gasteiger partial charge in [-0.1, -0.05) is 18.6 Å². The fraction of sp³-hybridized carbons (Fsp3) is 0.647. The molecule has 1 aromatic rings. The zero-order valence-electron chi connectivity index (χ0n) is 13.1. The normalized spacial score (nSPS) is 15.0. The Balaban J connectivity index is 1.81. The third kappa shape index (κ3) is 4.90. The Hall–Kier alpha value is -1.26. The van der Waals surface area contributed by atoms with E-state index in [-0.39, 0.29) is 0 Å². The van der Waals surface area contributed by atoms with Crippen LogP contribution >= 0.6 is 0 Å². The first kappa shape index (κ1) is 16.1. The number of para-hydroxylation sites is 2. The third-order valence-corrected chi connectivity index (χ3v) is 4.03. The number of hydrogen-bond acceptors (Lipinski definition) is 4. The summed E-state index contributed by atoms with van der Waals surface area (Å²) in [4.78, 5) is 2.53. The van der Waals surface area contributed by atoms with Crippen molar-refractivity contribution in [3.63, 3.8) is 0 Å². The van der Waals surface area contributed by atoms with Gasteiger partial charge in [0, 0.05) is 12.6 Å². The summed E-state index contributed by atoms with van der Waals surface area (Å²) in [6.07, 6.45) is 5.06. The lowest BCUT2D eigenvalue weighted by atomic mass is 9.91. The molecule has 0 saturated heterocycles. The number of hydrogen-bond donors (Lipinski definition) is 1. The summed E-state index contributed by atoms with van der Waals surface area (Å²) in [6, 6.07) is 8.62. The lowest BCUT2D eigenvalue weighted by Gasteiger charge is -2.37. The highest BCUT2D eigenvalue weighted by molar-refractivity contribution is 5.39. The van der Waals surface area contributed by atoms with Crippen LogP contribution in [0.1, 0.15) is 32.6 Å². The van der Waals surface area contributed by atoms with Gasteiger partial charge in [0.2, 0.25) is 0 Å². The standard InChI is InChI=1S/C17H28N2O2/c1-2-20-16-9-3-4-10-17(16)21-14-13-19(12-6-11-18)15-7-5-8-15/h3-4,9-10,15H,2,5-8,11-14,18H2,1H3. The van der Waals surface area contributed by atoms with E-state index in [0.717, 1.165) is 43.6 Å². The largest absolute Gasteiger partial charge is 0.490 e. The van der Waals surface area contributed by atoms with Gasteiger partial charge in [0.15, 0.2) is 11.5 Å². The van der Waals surface area contributed by atoms with Crippen LogP contribution in [0, 0.1) is 0 Å². The Morgan fingerprint density at radius 3 is 2.43 bits per heavy atom. The van der Waals surface area contributed by atoms with Crippen LogP contribution in [-0.2, 0) is 0 Å². The Morgan fingerprint density at radius 2 is 1.86 bits per heavy atom. The van der Waals surface area contributed by atoms with Crippen molar-refractivity contribution in [3.8, 4) is 11.5 Å². The molecule has 1 fully saturated rings. The van der Waals surface area contributed by atoms with Gasteiger partial charge in [0.25, 0.3) is 0 Å². The monoisotopic (exact) mass is 292 g/mol. The Kier molecular flexibility index (Phi) is 6.83. The average molecular weight is 292 g/mol. The molecule has 0 bridgehead atoms. The first-order chi connectivity index (χ1) is 10.3. The van der Waals surface area contributed by atoms with Gasteiger partial charge in [-0.2, -0.15) is 0 Å². The minimum absolute atomic E-state index is 0.658. The maximum Gasteiger partial charge on any atom is 0.161 e. The molecule has 4 heteroatoms. The molecule has 4 nitrogen and oxygen atoms in total. The van der Waals surface area contributed by atoms with E-state index in [2.05, 4.69) is 4.90 Å². The summed E-state index contributed by atoms with van der Waals surface area (Å²) in [5.41, 5.74) is 5.63. The van der Waals surface area contributed by atoms with Crippen LogP contribution in [0.15, 0.2) is 24.3 Å². The smallest absolute Gasteiger partial charge is 0.161 e. The van der Waals surface area contributed by atoms with Crippen LogP contribution in [0.5, 0.6) is 11.5 Å². The summed E-state index contributed by atoms with van der Waals surface area (Å²) < 4.78 is 11.5. The topological polar surface area (TPSA) is 47.7 Å². The zero-order valence-corrected chi connectivity index (χ0v) is 13.1. The van der Waals surface area contributed by atoms with Crippen LogP contribution in [0.25, 0.3) is 0 Å². The number of benzene rings is 1. The van der Waals surface area contributed by atoms with E-state index in [4.69, 9.17) is 15.2 Å². The van der Waals surface area contributed by atoms with Crippen molar-refractivity contribution in [2.75, 3.05) is 32.8 Å². The second-order valence-corrected chi connectivity index (χ2v) is 5.49. The molecule has 0 radical (unpaired) electrons. The van der Waals surface area contributed by atoms with E-state index < -0.39 is 0 Å². The van der Waals surface area contributed by atoms with Crippen molar-refractivity contribution < 1.29 is 9.47 Å². The van der Waals surface area contributed by atoms with Gasteiger partial charge < -0.3 is 15.2 Å². The molecule has 0 atom stereocenters. The molecule has 0 unspecified atom stereocenters. The number of nitrogens with two attached hydrogens (primary N) is 1. The fourth-order valence-electron chi connectivity index (χ4n) is 2.64. The molecule has 2 rings (SSSR count). The van der Waals surface area contributed by atoms with Crippen LogP contribution in [-0.4, -0.2) is 43.8 Å². The first-order valence-electron chi connectivity index (χ1n) is 8.14. The molecular formula is C17H28N2O2. The summed E-state index contributed by atoms with van der Waals surface area (Å²) in [5.74, 6) is 1.67. The Morgan fingerprint density at radius 1 is 1.14 bits per heavy atom. The molecule has 0 aromatic heterocycles. The summed E-state index contributed by atoms with van der Waals surface area (Å²) >= 11 is 0. The van der Waals surface area contributed by atoms with E-state index in [1.54, 1.807) is 0 Å². The summed E-state index contributed by atoms with van der Waals surface area (Å²) in [5, 5.41) is 0. The van der Waals surface area contributed by atoms with Gasteiger partial charge in [-0.25, -0.2) is 0 Å². The second-order valence-electron chi connectivity index (χ2n) is 5.49. The minimum Gasteiger partial charge on any atom is -0.490 e. The van der Waals surface area contributed by atoms with Gasteiger partial charge in [-0.3, -0.25) is 4.90 Å². The molecule has 1 aromatic carbocycles. The highest BCUT2D eigenvalue weighted by atomic mass is 16.5. The summed E-state index contributed by atoms with van der Waals surface area (Å²) in [7, 11) is 0. The maximum absolute atomic E-state index is 5.92. The lowest BCUT2D eigenvalue weighted by Crippen LogP contribution is -2.43. The van der Waals surface area contributed by atoms with Crippen LogP contribution in [0.2, 0.25) is 0 Å². The first-order valence-corrected chi connectivity index (χ1v) is 8.14. The highest BCUT2D eigenvalue weighted by Crippen LogP contribution is 2.27. The van der Waals surface area contributed by atoms with Crippen LogP contribution < -0.4 is 15.2 Å². The predicted molar refractivity (Wildman–Crippen MR) is 86.0 cm³/mol. The third-order valence-electron chi connectivity index (χ3n) is 4.03. The Labute approximate surface area is 128 Å². The number of ether oxygens (including phenoxy) is 2. The highest BCUT2D eigenvalue weighted by Gasteiger charge is 2.24. The van der Waals surface area contributed by atoms with Crippen molar-refractivity contribution in [3.05, 3.63) is 24.3 Å². The minimum atomic E-state index is 0.658. The molecule has 1 saturated carbocycles. The van der Waals surface area contributed by atoms with Gasteiger partial charge in [-0.05, 0) is 51.4 Å². The molecule has 1 aliphatic rings.